The number of rotatable bonds is 5. The minimum atomic E-state index is -0.942. The van der Waals surface area contributed by atoms with Crippen molar-refractivity contribution >= 4 is 5.69 Å². The summed E-state index contributed by atoms with van der Waals surface area (Å²) in [5.41, 5.74) is 2.05. The van der Waals surface area contributed by atoms with Gasteiger partial charge in [-0.25, -0.2) is 0 Å². The Morgan fingerprint density at radius 2 is 2.22 bits per heavy atom. The number of hydrogen-bond acceptors (Lipinski definition) is 5. The van der Waals surface area contributed by atoms with Crippen LogP contribution in [0.5, 0.6) is 5.75 Å². The Kier molecular flexibility index (Phi) is 3.63. The van der Waals surface area contributed by atoms with Crippen LogP contribution in [-0.2, 0) is 11.8 Å². The van der Waals surface area contributed by atoms with Gasteiger partial charge in [0.25, 0.3) is 0 Å². The molecule has 1 spiro atoms. The van der Waals surface area contributed by atoms with Gasteiger partial charge in [0, 0.05) is 18.2 Å². The smallest absolute Gasteiger partial charge is 0.153 e. The number of fused-ring (bicyclic) bond motifs is 1. The van der Waals surface area contributed by atoms with E-state index in [0.717, 1.165) is 49.4 Å². The topological polar surface area (TPSA) is 62.1 Å². The summed E-state index contributed by atoms with van der Waals surface area (Å²) in [7, 11) is 0. The lowest BCUT2D eigenvalue weighted by atomic mass is 9.52. The van der Waals surface area contributed by atoms with Gasteiger partial charge in [-0.05, 0) is 73.9 Å². The average Bonchev–Trinajstić information content (AvgIpc) is 3.39. The molecule has 2 heterocycles. The number of hydrogen-bond donors (Lipinski definition) is 1. The zero-order valence-electron chi connectivity index (χ0n) is 16.2. The zero-order valence-corrected chi connectivity index (χ0v) is 16.2. The number of likely N-dealkylation sites (tertiary alicyclic amines) is 1. The number of nitrogens with zero attached hydrogens (tertiary/aromatic N) is 2. The summed E-state index contributed by atoms with van der Waals surface area (Å²) in [5, 5.41) is 15.2. The Morgan fingerprint density at radius 3 is 2.89 bits per heavy atom. The lowest BCUT2D eigenvalue weighted by molar-refractivity contribution is -0.149. The molecule has 5 rings (SSSR count). The van der Waals surface area contributed by atoms with Gasteiger partial charge in [-0.3, -0.25) is 4.90 Å². The van der Waals surface area contributed by atoms with Crippen molar-refractivity contribution in [2.75, 3.05) is 13.1 Å². The van der Waals surface area contributed by atoms with E-state index in [1.54, 1.807) is 6.07 Å². The van der Waals surface area contributed by atoms with Crippen LogP contribution < -0.4 is 4.74 Å². The van der Waals surface area contributed by atoms with Gasteiger partial charge in [-0.1, -0.05) is 19.6 Å². The number of nitroso groups, excluding NO2 is 1. The van der Waals surface area contributed by atoms with E-state index >= 15 is 0 Å². The second-order valence-electron chi connectivity index (χ2n) is 9.08. The Labute approximate surface area is 160 Å². The van der Waals surface area contributed by atoms with Crippen molar-refractivity contribution < 1.29 is 9.84 Å². The van der Waals surface area contributed by atoms with Gasteiger partial charge in [0.1, 0.15) is 11.8 Å². The normalized spacial score (nSPS) is 36.9. The van der Waals surface area contributed by atoms with E-state index in [0.29, 0.717) is 11.4 Å². The molecular weight excluding hydrogens is 340 g/mol. The Hall–Kier alpha value is -1.72. The van der Waals surface area contributed by atoms with Crippen molar-refractivity contribution in [3.05, 3.63) is 40.3 Å². The van der Waals surface area contributed by atoms with Crippen LogP contribution in [0.25, 0.3) is 0 Å². The van der Waals surface area contributed by atoms with Gasteiger partial charge >= 0.3 is 0 Å². The fourth-order valence-electron chi connectivity index (χ4n) is 5.97. The van der Waals surface area contributed by atoms with Crippen LogP contribution in [0.15, 0.2) is 29.5 Å². The molecule has 3 unspecified atom stereocenters. The molecule has 0 radical (unpaired) electrons. The standard InChI is InChI=1S/C22H28N2O3/c1-4-13(2)20-22-9-10-24(12-14-5-6-14)17(21(22,3)25)11-15-7-8-16(23-26)19(27-20)18(15)22/h7-8,14,17,20,25H,2,4-6,9-12H2,1,3H3/t17?,20-,21?,22?/m0/s1. The summed E-state index contributed by atoms with van der Waals surface area (Å²) in [6.07, 6.45) is 4.70. The summed E-state index contributed by atoms with van der Waals surface area (Å²) in [6.45, 7) is 10.4. The molecule has 2 bridgehead atoms. The van der Waals surface area contributed by atoms with Crippen LogP contribution in [0.4, 0.5) is 5.69 Å². The van der Waals surface area contributed by atoms with Crippen LogP contribution in [0.2, 0.25) is 0 Å². The quantitative estimate of drug-likeness (QED) is 0.634. The van der Waals surface area contributed by atoms with Crippen LogP contribution in [0, 0.1) is 10.8 Å². The number of benzene rings is 1. The van der Waals surface area contributed by atoms with Crippen molar-refractivity contribution in [1.82, 2.24) is 4.90 Å². The highest BCUT2D eigenvalue weighted by Gasteiger charge is 2.68. The second-order valence-corrected chi connectivity index (χ2v) is 9.08. The molecule has 4 atom stereocenters. The molecule has 4 aliphatic rings. The van der Waals surface area contributed by atoms with E-state index in [4.69, 9.17) is 4.74 Å². The molecule has 1 aromatic carbocycles. The summed E-state index contributed by atoms with van der Waals surface area (Å²) in [4.78, 5) is 13.9. The average molecular weight is 368 g/mol. The molecule has 5 nitrogen and oxygen atoms in total. The molecule has 1 saturated carbocycles. The highest BCUT2D eigenvalue weighted by atomic mass is 16.5. The highest BCUT2D eigenvalue weighted by Crippen LogP contribution is 2.63. The minimum Gasteiger partial charge on any atom is -0.482 e. The van der Waals surface area contributed by atoms with E-state index in [1.807, 2.05) is 13.0 Å². The molecule has 0 amide bonds. The Morgan fingerprint density at radius 1 is 1.44 bits per heavy atom. The van der Waals surface area contributed by atoms with Crippen molar-refractivity contribution in [3.63, 3.8) is 0 Å². The van der Waals surface area contributed by atoms with E-state index < -0.39 is 11.0 Å². The first kappa shape index (κ1) is 17.4. The molecule has 2 aliphatic heterocycles. The van der Waals surface area contributed by atoms with Crippen LogP contribution in [0.3, 0.4) is 0 Å². The van der Waals surface area contributed by atoms with E-state index in [2.05, 4.69) is 23.6 Å². The zero-order chi connectivity index (χ0) is 19.0. The first-order valence-electron chi connectivity index (χ1n) is 10.2. The molecule has 2 aliphatic carbocycles. The lowest BCUT2D eigenvalue weighted by Gasteiger charge is -2.60. The van der Waals surface area contributed by atoms with Crippen molar-refractivity contribution in [1.29, 1.82) is 0 Å². The maximum atomic E-state index is 12.0. The Bertz CT molecular complexity index is 829. The predicted octanol–water partition coefficient (Wildman–Crippen LogP) is 3.84. The summed E-state index contributed by atoms with van der Waals surface area (Å²) in [6, 6.07) is 3.86. The summed E-state index contributed by atoms with van der Waals surface area (Å²) in [5.74, 6) is 1.37. The van der Waals surface area contributed by atoms with Gasteiger partial charge in [0.05, 0.1) is 11.0 Å². The molecule has 27 heavy (non-hydrogen) atoms. The summed E-state index contributed by atoms with van der Waals surface area (Å²) >= 11 is 0. The third kappa shape index (κ3) is 2.13. The molecule has 144 valence electrons. The molecule has 1 N–H and O–H groups in total. The first-order valence-corrected chi connectivity index (χ1v) is 10.2. The maximum Gasteiger partial charge on any atom is 0.153 e. The van der Waals surface area contributed by atoms with Gasteiger partial charge in [0.15, 0.2) is 5.75 Å². The van der Waals surface area contributed by atoms with E-state index in [1.165, 1.54) is 18.4 Å². The van der Waals surface area contributed by atoms with Crippen molar-refractivity contribution in [2.45, 2.75) is 69.1 Å². The van der Waals surface area contributed by atoms with Gasteiger partial charge in [0.2, 0.25) is 0 Å². The molecule has 1 aromatic rings. The van der Waals surface area contributed by atoms with Crippen molar-refractivity contribution in [3.8, 4) is 5.75 Å². The third-order valence-corrected chi connectivity index (χ3v) is 7.66. The molecule has 2 fully saturated rings. The molecule has 1 saturated heterocycles. The number of piperidine rings is 1. The van der Waals surface area contributed by atoms with Gasteiger partial charge < -0.3 is 9.84 Å². The second kappa shape index (κ2) is 5.65. The van der Waals surface area contributed by atoms with Crippen LogP contribution >= 0.6 is 0 Å². The SMILES string of the molecule is C=C(CC)[C@@H]1Oc2c(N=O)ccc3c2C12CCN(CC1CC1)C(C3)C2(C)O. The van der Waals surface area contributed by atoms with E-state index in [-0.39, 0.29) is 12.1 Å². The maximum absolute atomic E-state index is 12.0. The van der Waals surface area contributed by atoms with Crippen LogP contribution in [-0.4, -0.2) is 40.8 Å². The summed E-state index contributed by atoms with van der Waals surface area (Å²) < 4.78 is 6.37. The first-order chi connectivity index (χ1) is 12.9. The lowest BCUT2D eigenvalue weighted by Crippen LogP contribution is -2.73. The van der Waals surface area contributed by atoms with E-state index in [9.17, 15) is 10.0 Å². The molecule has 5 heteroatoms. The number of ether oxygens (including phenoxy) is 1. The molecule has 0 aromatic heterocycles. The van der Waals surface area contributed by atoms with Crippen LogP contribution in [0.1, 0.15) is 50.7 Å². The third-order valence-electron chi connectivity index (χ3n) is 7.66. The fraction of sp³-hybridized carbons (Fsp3) is 0.636. The van der Waals surface area contributed by atoms with Gasteiger partial charge in [-0.15, -0.1) is 4.91 Å². The fourth-order valence-corrected chi connectivity index (χ4v) is 5.97. The predicted molar refractivity (Wildman–Crippen MR) is 104 cm³/mol. The molecular formula is C22H28N2O3. The van der Waals surface area contributed by atoms with Crippen molar-refractivity contribution in [2.24, 2.45) is 11.1 Å². The minimum absolute atomic E-state index is 0.0658. The van der Waals surface area contributed by atoms with Gasteiger partial charge in [-0.2, -0.15) is 0 Å². The Balaban J connectivity index is 1.70. The number of aliphatic hydroxyl groups is 1. The highest BCUT2D eigenvalue weighted by molar-refractivity contribution is 5.68. The largest absolute Gasteiger partial charge is 0.482 e. The monoisotopic (exact) mass is 368 g/mol.